The van der Waals surface area contributed by atoms with Gasteiger partial charge in [-0.3, -0.25) is 9.59 Å². The van der Waals surface area contributed by atoms with E-state index < -0.39 is 28.5 Å². The van der Waals surface area contributed by atoms with Crippen molar-refractivity contribution in [2.75, 3.05) is 38.2 Å². The van der Waals surface area contributed by atoms with Gasteiger partial charge in [-0.2, -0.15) is 4.31 Å². The molecule has 0 unspecified atom stereocenters. The average molecular weight is 489 g/mol. The standard InChI is InChI=1S/C24H28N2O7S/c1-17-5-7-19(15-22(17)34(29,30)26-9-3-2-4-10-26)25-23(27)16-33-24(28)14-18-6-8-20-21(13-18)32-12-11-31-20/h5-8,13,15H,2-4,9-12,14,16H2,1H3,(H,25,27). The first kappa shape index (κ1) is 24.0. The van der Waals surface area contributed by atoms with Crippen molar-refractivity contribution in [3.63, 3.8) is 0 Å². The van der Waals surface area contributed by atoms with Crippen molar-refractivity contribution in [3.8, 4) is 11.5 Å². The Morgan fingerprint density at radius 1 is 1.00 bits per heavy atom. The molecule has 2 aliphatic rings. The van der Waals surface area contributed by atoms with E-state index in [0.29, 0.717) is 54.6 Å². The van der Waals surface area contributed by atoms with Crippen molar-refractivity contribution in [2.24, 2.45) is 0 Å². The van der Waals surface area contributed by atoms with Gasteiger partial charge < -0.3 is 19.5 Å². The van der Waals surface area contributed by atoms with Crippen LogP contribution >= 0.6 is 0 Å². The maximum atomic E-state index is 13.1. The largest absolute Gasteiger partial charge is 0.486 e. The monoisotopic (exact) mass is 488 g/mol. The SMILES string of the molecule is Cc1ccc(NC(=O)COC(=O)Cc2ccc3c(c2)OCCO3)cc1S(=O)(=O)N1CCCCC1. The third kappa shape index (κ3) is 5.68. The second kappa shape index (κ2) is 10.4. The highest BCUT2D eigenvalue weighted by atomic mass is 32.2. The number of amides is 1. The maximum Gasteiger partial charge on any atom is 0.310 e. The van der Waals surface area contributed by atoms with Gasteiger partial charge in [0.05, 0.1) is 11.3 Å². The second-order valence-electron chi connectivity index (χ2n) is 8.31. The number of benzene rings is 2. The van der Waals surface area contributed by atoms with Crippen LogP contribution in [0.3, 0.4) is 0 Å². The van der Waals surface area contributed by atoms with Crippen molar-refractivity contribution in [3.05, 3.63) is 47.5 Å². The molecule has 10 heteroatoms. The molecule has 1 saturated heterocycles. The molecule has 2 aromatic rings. The number of carbonyl (C=O) groups is 2. The zero-order valence-electron chi connectivity index (χ0n) is 19.0. The number of nitrogens with zero attached hydrogens (tertiary/aromatic N) is 1. The lowest BCUT2D eigenvalue weighted by Crippen LogP contribution is -2.36. The number of rotatable bonds is 7. The Balaban J connectivity index is 1.33. The van der Waals surface area contributed by atoms with Gasteiger partial charge in [-0.15, -0.1) is 0 Å². The normalized spacial score (nSPS) is 16.0. The lowest BCUT2D eigenvalue weighted by atomic mass is 10.1. The lowest BCUT2D eigenvalue weighted by Gasteiger charge is -2.26. The molecule has 2 aromatic carbocycles. The molecule has 0 bridgehead atoms. The van der Waals surface area contributed by atoms with Crippen LogP contribution in [0.25, 0.3) is 0 Å². The number of nitrogens with one attached hydrogen (secondary N) is 1. The summed E-state index contributed by atoms with van der Waals surface area (Å²) in [4.78, 5) is 24.7. The molecule has 9 nitrogen and oxygen atoms in total. The van der Waals surface area contributed by atoms with Crippen molar-refractivity contribution in [1.29, 1.82) is 0 Å². The smallest absolute Gasteiger partial charge is 0.310 e. The van der Waals surface area contributed by atoms with Crippen molar-refractivity contribution >= 4 is 27.6 Å². The Labute approximate surface area is 199 Å². The van der Waals surface area contributed by atoms with Crippen LogP contribution in [0.15, 0.2) is 41.3 Å². The van der Waals surface area contributed by atoms with Gasteiger partial charge >= 0.3 is 5.97 Å². The van der Waals surface area contributed by atoms with Gasteiger partial charge in [0.25, 0.3) is 5.91 Å². The number of anilines is 1. The van der Waals surface area contributed by atoms with Gasteiger partial charge in [0.15, 0.2) is 18.1 Å². The summed E-state index contributed by atoms with van der Waals surface area (Å²) in [5.41, 5.74) is 1.62. The van der Waals surface area contributed by atoms with Gasteiger partial charge in [0.1, 0.15) is 13.2 Å². The number of esters is 1. The average Bonchev–Trinajstić information content (AvgIpc) is 2.84. The summed E-state index contributed by atoms with van der Waals surface area (Å²) in [7, 11) is -3.64. The molecule has 0 atom stereocenters. The number of hydrogen-bond donors (Lipinski definition) is 1. The summed E-state index contributed by atoms with van der Waals surface area (Å²) in [6.45, 7) is 3.17. The molecule has 4 rings (SSSR count). The van der Waals surface area contributed by atoms with E-state index in [1.165, 1.54) is 10.4 Å². The zero-order valence-corrected chi connectivity index (χ0v) is 19.9. The molecule has 0 radical (unpaired) electrons. The highest BCUT2D eigenvalue weighted by molar-refractivity contribution is 7.89. The summed E-state index contributed by atoms with van der Waals surface area (Å²) in [6.07, 6.45) is 2.68. The molecule has 182 valence electrons. The molecular formula is C24H28N2O7S. The summed E-state index contributed by atoms with van der Waals surface area (Å²) in [6, 6.07) is 9.92. The Hall–Kier alpha value is -3.11. The second-order valence-corrected chi connectivity index (χ2v) is 10.2. The Bertz CT molecular complexity index is 1170. The first-order valence-electron chi connectivity index (χ1n) is 11.3. The van der Waals surface area contributed by atoms with Crippen molar-refractivity contribution in [1.82, 2.24) is 4.31 Å². The number of carbonyl (C=O) groups excluding carboxylic acids is 2. The first-order valence-corrected chi connectivity index (χ1v) is 12.7. The van der Waals surface area contributed by atoms with E-state index in [-0.39, 0.29) is 11.3 Å². The molecule has 0 aliphatic carbocycles. The van der Waals surface area contributed by atoms with Gasteiger partial charge in [0, 0.05) is 18.8 Å². The van der Waals surface area contributed by atoms with Crippen LogP contribution < -0.4 is 14.8 Å². The van der Waals surface area contributed by atoms with Crippen LogP contribution in [0.4, 0.5) is 5.69 Å². The Kier molecular flexibility index (Phi) is 7.38. The summed E-state index contributed by atoms with van der Waals surface area (Å²) < 4.78 is 43.6. The van der Waals surface area contributed by atoms with E-state index in [1.807, 2.05) is 0 Å². The lowest BCUT2D eigenvalue weighted by molar-refractivity contribution is -0.146. The van der Waals surface area contributed by atoms with Gasteiger partial charge in [-0.1, -0.05) is 18.6 Å². The summed E-state index contributed by atoms with van der Waals surface area (Å²) >= 11 is 0. The van der Waals surface area contributed by atoms with Crippen molar-refractivity contribution < 1.29 is 32.2 Å². The van der Waals surface area contributed by atoms with Gasteiger partial charge in [-0.05, 0) is 55.2 Å². The third-order valence-corrected chi connectivity index (χ3v) is 7.76. The predicted molar refractivity (Wildman–Crippen MR) is 125 cm³/mol. The topological polar surface area (TPSA) is 111 Å². The fourth-order valence-corrected chi connectivity index (χ4v) is 5.73. The van der Waals surface area contributed by atoms with Crippen LogP contribution in [0.2, 0.25) is 0 Å². The molecule has 34 heavy (non-hydrogen) atoms. The van der Waals surface area contributed by atoms with Crippen LogP contribution in [-0.4, -0.2) is 57.5 Å². The van der Waals surface area contributed by atoms with E-state index in [2.05, 4.69) is 5.32 Å². The molecule has 0 spiro atoms. The number of aryl methyl sites for hydroxylation is 1. The fourth-order valence-electron chi connectivity index (χ4n) is 3.96. The van der Waals surface area contributed by atoms with E-state index in [4.69, 9.17) is 14.2 Å². The molecule has 2 aliphatic heterocycles. The molecule has 1 N–H and O–H groups in total. The molecule has 0 aromatic heterocycles. The van der Waals surface area contributed by atoms with E-state index in [9.17, 15) is 18.0 Å². The van der Waals surface area contributed by atoms with E-state index in [0.717, 1.165) is 19.3 Å². The third-order valence-electron chi connectivity index (χ3n) is 5.72. The van der Waals surface area contributed by atoms with E-state index in [1.54, 1.807) is 37.3 Å². The Morgan fingerprint density at radius 3 is 2.50 bits per heavy atom. The van der Waals surface area contributed by atoms with E-state index >= 15 is 0 Å². The molecule has 2 heterocycles. The van der Waals surface area contributed by atoms with Crippen LogP contribution in [0.5, 0.6) is 11.5 Å². The quantitative estimate of drug-likeness (QED) is 0.597. The molecule has 1 amide bonds. The number of piperidine rings is 1. The highest BCUT2D eigenvalue weighted by Crippen LogP contribution is 2.31. The number of sulfonamides is 1. The molecule has 0 saturated carbocycles. The highest BCUT2D eigenvalue weighted by Gasteiger charge is 2.27. The van der Waals surface area contributed by atoms with Gasteiger partial charge in [-0.25, -0.2) is 8.42 Å². The van der Waals surface area contributed by atoms with Crippen LogP contribution in [0.1, 0.15) is 30.4 Å². The van der Waals surface area contributed by atoms with Crippen LogP contribution in [-0.2, 0) is 30.8 Å². The maximum absolute atomic E-state index is 13.1. The Morgan fingerprint density at radius 2 is 1.74 bits per heavy atom. The molecule has 1 fully saturated rings. The van der Waals surface area contributed by atoms with Crippen LogP contribution in [0, 0.1) is 6.92 Å². The number of fused-ring (bicyclic) bond motifs is 1. The minimum Gasteiger partial charge on any atom is -0.486 e. The number of hydrogen-bond acceptors (Lipinski definition) is 7. The minimum atomic E-state index is -3.64. The zero-order chi connectivity index (χ0) is 24.1. The molecular weight excluding hydrogens is 460 g/mol. The van der Waals surface area contributed by atoms with Gasteiger partial charge in [0.2, 0.25) is 10.0 Å². The fraction of sp³-hybridized carbons (Fsp3) is 0.417. The van der Waals surface area contributed by atoms with Crippen molar-refractivity contribution in [2.45, 2.75) is 37.5 Å². The first-order chi connectivity index (χ1) is 16.3. The summed E-state index contributed by atoms with van der Waals surface area (Å²) in [5, 5.41) is 2.61. The summed E-state index contributed by atoms with van der Waals surface area (Å²) in [5.74, 6) is 0.0799. The number of ether oxygens (including phenoxy) is 3. The minimum absolute atomic E-state index is 0.0212. The predicted octanol–water partition coefficient (Wildman–Crippen LogP) is 2.67.